The summed E-state index contributed by atoms with van der Waals surface area (Å²) >= 11 is 0. The normalized spacial score (nSPS) is 9.25. The Balaban J connectivity index is 2.99. The van der Waals surface area contributed by atoms with Gasteiger partial charge in [0.05, 0.1) is 13.7 Å². The second kappa shape index (κ2) is 4.74. The van der Waals surface area contributed by atoms with Crippen LogP contribution in [0.5, 0.6) is 0 Å². The van der Waals surface area contributed by atoms with E-state index in [0.717, 1.165) is 0 Å². The van der Waals surface area contributed by atoms with Crippen molar-refractivity contribution in [1.29, 1.82) is 0 Å². The second-order valence-corrected chi connectivity index (χ2v) is 1.42. The molecular formula is C5H11NO2. The average Bonchev–Trinajstić information content (AvgIpc) is 1.83. The van der Waals surface area contributed by atoms with Gasteiger partial charge in [0.25, 0.3) is 0 Å². The van der Waals surface area contributed by atoms with Crippen LogP contribution >= 0.6 is 0 Å². The number of hydroxylamine groups is 1. The predicted molar refractivity (Wildman–Crippen MR) is 30.3 cm³/mol. The average molecular weight is 117 g/mol. The molecule has 0 aliphatic rings. The van der Waals surface area contributed by atoms with Crippen molar-refractivity contribution in [3.8, 4) is 0 Å². The molecule has 0 aromatic heterocycles. The van der Waals surface area contributed by atoms with Gasteiger partial charge < -0.3 is 4.84 Å². The number of ketones is 1. The van der Waals surface area contributed by atoms with E-state index in [1.807, 2.05) is 6.92 Å². The van der Waals surface area contributed by atoms with Crippen LogP contribution in [-0.2, 0) is 9.63 Å². The van der Waals surface area contributed by atoms with Gasteiger partial charge in [0.1, 0.15) is 5.78 Å². The molecule has 1 N–H and O–H groups in total. The first kappa shape index (κ1) is 7.59. The van der Waals surface area contributed by atoms with Gasteiger partial charge in [0, 0.05) is 6.42 Å². The first-order chi connectivity index (χ1) is 3.81. The SMILES string of the molecule is CCC(=O)CNOC. The number of carbonyl (C=O) groups excluding carboxylic acids is 1. The van der Waals surface area contributed by atoms with Crippen LogP contribution in [0.2, 0.25) is 0 Å². The van der Waals surface area contributed by atoms with E-state index >= 15 is 0 Å². The number of nitrogens with one attached hydrogen (secondary N) is 1. The van der Waals surface area contributed by atoms with Crippen molar-refractivity contribution < 1.29 is 9.63 Å². The summed E-state index contributed by atoms with van der Waals surface area (Å²) in [7, 11) is 1.49. The van der Waals surface area contributed by atoms with E-state index in [-0.39, 0.29) is 5.78 Å². The summed E-state index contributed by atoms with van der Waals surface area (Å²) in [6.45, 7) is 2.13. The van der Waals surface area contributed by atoms with E-state index in [1.165, 1.54) is 7.11 Å². The standard InChI is InChI=1S/C5H11NO2/c1-3-5(7)4-6-8-2/h6H,3-4H2,1-2H3. The van der Waals surface area contributed by atoms with Crippen LogP contribution in [0.4, 0.5) is 0 Å². The van der Waals surface area contributed by atoms with E-state index in [1.54, 1.807) is 0 Å². The fourth-order valence-corrected chi connectivity index (χ4v) is 0.278. The van der Waals surface area contributed by atoms with Crippen LogP contribution in [0, 0.1) is 0 Å². The molecule has 3 nitrogen and oxygen atoms in total. The lowest BCUT2D eigenvalue weighted by Crippen LogP contribution is -2.20. The lowest BCUT2D eigenvalue weighted by atomic mass is 10.3. The molecule has 0 aromatic carbocycles. The number of rotatable bonds is 4. The molecule has 0 saturated carbocycles. The molecule has 0 rings (SSSR count). The minimum Gasteiger partial charge on any atom is -0.305 e. The van der Waals surface area contributed by atoms with Crippen LogP contribution < -0.4 is 5.48 Å². The van der Waals surface area contributed by atoms with Crippen molar-refractivity contribution in [2.24, 2.45) is 0 Å². The Morgan fingerprint density at radius 3 is 2.75 bits per heavy atom. The Labute approximate surface area is 49.0 Å². The highest BCUT2D eigenvalue weighted by Crippen LogP contribution is 1.75. The van der Waals surface area contributed by atoms with Crippen molar-refractivity contribution in [2.45, 2.75) is 13.3 Å². The number of hydrogen-bond donors (Lipinski definition) is 1. The van der Waals surface area contributed by atoms with Crippen molar-refractivity contribution in [2.75, 3.05) is 13.7 Å². The molecule has 0 aliphatic carbocycles. The van der Waals surface area contributed by atoms with Crippen LogP contribution in [0.15, 0.2) is 0 Å². The molecule has 0 saturated heterocycles. The monoisotopic (exact) mass is 117 g/mol. The third-order valence-electron chi connectivity index (χ3n) is 0.808. The molecule has 0 fully saturated rings. The maximum atomic E-state index is 10.4. The Hall–Kier alpha value is -0.410. The zero-order valence-electron chi connectivity index (χ0n) is 5.23. The molecule has 0 bridgehead atoms. The Morgan fingerprint density at radius 1 is 1.75 bits per heavy atom. The summed E-state index contributed by atoms with van der Waals surface area (Å²) in [6.07, 6.45) is 0.566. The molecular weight excluding hydrogens is 106 g/mol. The maximum Gasteiger partial charge on any atom is 0.148 e. The fraction of sp³-hybridized carbons (Fsp3) is 0.800. The first-order valence-corrected chi connectivity index (χ1v) is 2.58. The van der Waals surface area contributed by atoms with Gasteiger partial charge in [-0.05, 0) is 0 Å². The molecule has 0 heterocycles. The highest BCUT2D eigenvalue weighted by Gasteiger charge is 1.93. The molecule has 0 amide bonds. The topological polar surface area (TPSA) is 38.3 Å². The minimum absolute atomic E-state index is 0.159. The smallest absolute Gasteiger partial charge is 0.148 e. The highest BCUT2D eigenvalue weighted by molar-refractivity contribution is 5.79. The van der Waals surface area contributed by atoms with E-state index < -0.39 is 0 Å². The highest BCUT2D eigenvalue weighted by atomic mass is 16.6. The van der Waals surface area contributed by atoms with E-state index in [2.05, 4.69) is 10.3 Å². The van der Waals surface area contributed by atoms with E-state index in [4.69, 9.17) is 0 Å². The second-order valence-electron chi connectivity index (χ2n) is 1.42. The lowest BCUT2D eigenvalue weighted by Gasteiger charge is -1.95. The molecule has 0 radical (unpaired) electrons. The van der Waals surface area contributed by atoms with Crippen molar-refractivity contribution in [3.05, 3.63) is 0 Å². The minimum atomic E-state index is 0.159. The van der Waals surface area contributed by atoms with Gasteiger partial charge in [-0.3, -0.25) is 4.79 Å². The molecule has 0 spiro atoms. The lowest BCUT2D eigenvalue weighted by molar-refractivity contribution is -0.119. The van der Waals surface area contributed by atoms with Crippen LogP contribution in [0.1, 0.15) is 13.3 Å². The quantitative estimate of drug-likeness (QED) is 0.531. The Kier molecular flexibility index (Phi) is 4.50. The molecule has 8 heavy (non-hydrogen) atoms. The summed E-state index contributed by atoms with van der Waals surface area (Å²) < 4.78 is 0. The van der Waals surface area contributed by atoms with Gasteiger partial charge in [-0.2, -0.15) is 5.48 Å². The van der Waals surface area contributed by atoms with E-state index in [9.17, 15) is 4.79 Å². The molecule has 0 aliphatic heterocycles. The summed E-state index contributed by atoms with van der Waals surface area (Å²) in [5, 5.41) is 0. The van der Waals surface area contributed by atoms with Gasteiger partial charge in [-0.15, -0.1) is 0 Å². The van der Waals surface area contributed by atoms with Gasteiger partial charge in [0.2, 0.25) is 0 Å². The zero-order valence-corrected chi connectivity index (χ0v) is 5.23. The van der Waals surface area contributed by atoms with Crippen LogP contribution in [-0.4, -0.2) is 19.4 Å². The number of hydrogen-bond acceptors (Lipinski definition) is 3. The van der Waals surface area contributed by atoms with Gasteiger partial charge in [0.15, 0.2) is 0 Å². The molecule has 3 heteroatoms. The molecule has 0 atom stereocenters. The Bertz CT molecular complexity index is 72.8. The van der Waals surface area contributed by atoms with Gasteiger partial charge >= 0.3 is 0 Å². The zero-order chi connectivity index (χ0) is 6.41. The molecule has 0 aromatic rings. The van der Waals surface area contributed by atoms with Gasteiger partial charge in [-0.1, -0.05) is 6.92 Å². The van der Waals surface area contributed by atoms with E-state index in [0.29, 0.717) is 13.0 Å². The maximum absolute atomic E-state index is 10.4. The summed E-state index contributed by atoms with van der Waals surface area (Å²) in [5.41, 5.74) is 2.45. The first-order valence-electron chi connectivity index (χ1n) is 2.58. The predicted octanol–water partition coefficient (Wildman–Crippen LogP) is 0.116. The van der Waals surface area contributed by atoms with Crippen molar-refractivity contribution >= 4 is 5.78 Å². The summed E-state index contributed by atoms with van der Waals surface area (Å²) in [6, 6.07) is 0. The number of carbonyl (C=O) groups is 1. The van der Waals surface area contributed by atoms with Crippen molar-refractivity contribution in [3.63, 3.8) is 0 Å². The number of Topliss-reactive ketones (excluding diaryl/α,β-unsaturated/α-hetero) is 1. The molecule has 48 valence electrons. The van der Waals surface area contributed by atoms with Crippen molar-refractivity contribution in [1.82, 2.24) is 5.48 Å². The Morgan fingerprint density at radius 2 is 2.38 bits per heavy atom. The summed E-state index contributed by atoms with van der Waals surface area (Å²) in [5.74, 6) is 0.159. The third-order valence-corrected chi connectivity index (χ3v) is 0.808. The fourth-order valence-electron chi connectivity index (χ4n) is 0.278. The van der Waals surface area contributed by atoms with Crippen LogP contribution in [0.3, 0.4) is 0 Å². The molecule has 0 unspecified atom stereocenters. The summed E-state index contributed by atoms with van der Waals surface area (Å²) in [4.78, 5) is 14.9. The largest absolute Gasteiger partial charge is 0.305 e. The van der Waals surface area contributed by atoms with Gasteiger partial charge in [-0.25, -0.2) is 0 Å². The third kappa shape index (κ3) is 3.77. The van der Waals surface area contributed by atoms with Crippen LogP contribution in [0.25, 0.3) is 0 Å².